The smallest absolute Gasteiger partial charge is 0.332 e. The predicted molar refractivity (Wildman–Crippen MR) is 108 cm³/mol. The fourth-order valence-electron chi connectivity index (χ4n) is 3.38. The largest absolute Gasteiger partial charge is 0.494 e. The van der Waals surface area contributed by atoms with Crippen LogP contribution in [0, 0.1) is 0 Å². The van der Waals surface area contributed by atoms with E-state index in [2.05, 4.69) is 9.80 Å². The van der Waals surface area contributed by atoms with Crippen molar-refractivity contribution in [3.05, 3.63) is 56.7 Å². The van der Waals surface area contributed by atoms with Crippen molar-refractivity contribution >= 4 is 12.1 Å². The predicted octanol–water partition coefficient (Wildman–Crippen LogP) is 0.488. The van der Waals surface area contributed by atoms with Crippen LogP contribution in [-0.2, 0) is 14.1 Å². The van der Waals surface area contributed by atoms with Gasteiger partial charge in [-0.1, -0.05) is 12.1 Å². The molecule has 3 rings (SSSR count). The van der Waals surface area contributed by atoms with Gasteiger partial charge in [0.25, 0.3) is 5.56 Å². The molecule has 150 valence electrons. The van der Waals surface area contributed by atoms with Crippen LogP contribution in [0.3, 0.4) is 0 Å². The molecule has 0 bridgehead atoms. The number of piperazine rings is 1. The van der Waals surface area contributed by atoms with Crippen LogP contribution in [0.15, 0.2) is 39.9 Å². The van der Waals surface area contributed by atoms with Crippen LogP contribution in [0.1, 0.15) is 16.8 Å². The Balaban J connectivity index is 1.46. The van der Waals surface area contributed by atoms with E-state index in [9.17, 15) is 14.4 Å². The van der Waals surface area contributed by atoms with Gasteiger partial charge in [-0.25, -0.2) is 4.79 Å². The first kappa shape index (κ1) is 19.9. The van der Waals surface area contributed by atoms with Gasteiger partial charge in [0.05, 0.1) is 6.61 Å². The van der Waals surface area contributed by atoms with Gasteiger partial charge < -0.3 is 9.64 Å². The summed E-state index contributed by atoms with van der Waals surface area (Å²) in [5.74, 6) is 1.38. The first-order valence-corrected chi connectivity index (χ1v) is 9.42. The number of ether oxygens (including phenoxy) is 1. The van der Waals surface area contributed by atoms with Gasteiger partial charge in [0.1, 0.15) is 17.9 Å². The van der Waals surface area contributed by atoms with Crippen LogP contribution in [0.4, 0.5) is 5.82 Å². The average Bonchev–Trinajstić information content (AvgIpc) is 2.73. The molecule has 2 heterocycles. The number of benzene rings is 1. The summed E-state index contributed by atoms with van der Waals surface area (Å²) in [5, 5.41) is 0. The first-order valence-electron chi connectivity index (χ1n) is 9.42. The molecule has 0 N–H and O–H groups in total. The molecule has 8 heteroatoms. The number of carbonyl (C=O) groups excluding carboxylic acids is 1. The second kappa shape index (κ2) is 8.88. The third-order valence-corrected chi connectivity index (χ3v) is 5.08. The van der Waals surface area contributed by atoms with Crippen LogP contribution in [0.2, 0.25) is 0 Å². The summed E-state index contributed by atoms with van der Waals surface area (Å²) in [6.07, 6.45) is 1.69. The lowest BCUT2D eigenvalue weighted by molar-refractivity contribution is 0.112. The standard InChI is InChI=1S/C20H26N4O4/c1-21-18(14-19(26)22(2)20(21)27)24-10-8-23(9-11-24)7-4-12-28-17-6-3-5-16(13-17)15-25/h3,5-6,13-15H,4,7-12H2,1-2H3. The number of anilines is 1. The summed E-state index contributed by atoms with van der Waals surface area (Å²) in [4.78, 5) is 39.3. The van der Waals surface area contributed by atoms with Gasteiger partial charge in [0.15, 0.2) is 0 Å². The molecule has 28 heavy (non-hydrogen) atoms. The fraction of sp³-hybridized carbons (Fsp3) is 0.450. The Kier molecular flexibility index (Phi) is 6.30. The van der Waals surface area contributed by atoms with E-state index in [1.54, 1.807) is 19.2 Å². The molecule has 0 spiro atoms. The quantitative estimate of drug-likeness (QED) is 0.509. The van der Waals surface area contributed by atoms with E-state index in [-0.39, 0.29) is 11.2 Å². The third kappa shape index (κ3) is 4.51. The van der Waals surface area contributed by atoms with Crippen molar-refractivity contribution in [2.24, 2.45) is 14.1 Å². The molecule has 0 atom stereocenters. The summed E-state index contributed by atoms with van der Waals surface area (Å²) in [6, 6.07) is 8.67. The van der Waals surface area contributed by atoms with Gasteiger partial charge in [-0.15, -0.1) is 0 Å². The number of aldehydes is 1. The molecule has 1 saturated heterocycles. The average molecular weight is 386 g/mol. The number of carbonyl (C=O) groups is 1. The van der Waals surface area contributed by atoms with E-state index in [1.807, 2.05) is 12.1 Å². The van der Waals surface area contributed by atoms with Crippen LogP contribution >= 0.6 is 0 Å². The molecule has 0 amide bonds. The number of hydrogen-bond acceptors (Lipinski definition) is 6. The van der Waals surface area contributed by atoms with Crippen LogP contribution in [0.25, 0.3) is 0 Å². The van der Waals surface area contributed by atoms with E-state index < -0.39 is 0 Å². The van der Waals surface area contributed by atoms with E-state index in [4.69, 9.17) is 4.74 Å². The van der Waals surface area contributed by atoms with Crippen molar-refractivity contribution in [1.82, 2.24) is 14.0 Å². The highest BCUT2D eigenvalue weighted by atomic mass is 16.5. The summed E-state index contributed by atoms with van der Waals surface area (Å²) in [7, 11) is 3.18. The highest BCUT2D eigenvalue weighted by Crippen LogP contribution is 2.14. The Hall–Kier alpha value is -2.87. The normalized spacial score (nSPS) is 14.9. The summed E-state index contributed by atoms with van der Waals surface area (Å²) in [6.45, 7) is 4.77. The molecule has 8 nitrogen and oxygen atoms in total. The van der Waals surface area contributed by atoms with Crippen LogP contribution in [-0.4, -0.2) is 59.7 Å². The Bertz CT molecular complexity index is 942. The van der Waals surface area contributed by atoms with Gasteiger partial charge in [0, 0.05) is 58.4 Å². The van der Waals surface area contributed by atoms with E-state index in [1.165, 1.54) is 17.7 Å². The molecule has 0 unspecified atom stereocenters. The van der Waals surface area contributed by atoms with E-state index in [0.717, 1.165) is 50.0 Å². The highest BCUT2D eigenvalue weighted by molar-refractivity contribution is 5.75. The molecule has 1 aromatic heterocycles. The summed E-state index contributed by atoms with van der Waals surface area (Å²) >= 11 is 0. The van der Waals surface area contributed by atoms with Gasteiger partial charge >= 0.3 is 5.69 Å². The third-order valence-electron chi connectivity index (χ3n) is 5.08. The molecule has 1 aliphatic heterocycles. The van der Waals surface area contributed by atoms with Crippen molar-refractivity contribution < 1.29 is 9.53 Å². The van der Waals surface area contributed by atoms with Gasteiger partial charge in [-0.2, -0.15) is 0 Å². The van der Waals surface area contributed by atoms with Gasteiger partial charge in [0.2, 0.25) is 0 Å². The molecule has 1 aliphatic rings. The lowest BCUT2D eigenvalue weighted by Crippen LogP contribution is -2.49. The molecular formula is C20H26N4O4. The van der Waals surface area contributed by atoms with E-state index >= 15 is 0 Å². The van der Waals surface area contributed by atoms with Crippen molar-refractivity contribution in [3.63, 3.8) is 0 Å². The zero-order valence-corrected chi connectivity index (χ0v) is 16.3. The summed E-state index contributed by atoms with van der Waals surface area (Å²) < 4.78 is 8.35. The molecule has 0 saturated carbocycles. The Labute approximate surface area is 163 Å². The van der Waals surface area contributed by atoms with Crippen molar-refractivity contribution in [1.29, 1.82) is 0 Å². The minimum absolute atomic E-state index is 0.281. The number of hydrogen-bond donors (Lipinski definition) is 0. The number of nitrogens with zero attached hydrogens (tertiary/aromatic N) is 4. The number of rotatable bonds is 7. The monoisotopic (exact) mass is 386 g/mol. The Morgan fingerprint density at radius 2 is 1.79 bits per heavy atom. The molecule has 0 radical (unpaired) electrons. The number of aromatic nitrogens is 2. The lowest BCUT2D eigenvalue weighted by Gasteiger charge is -2.36. The zero-order chi connectivity index (χ0) is 20.1. The second-order valence-corrected chi connectivity index (χ2v) is 6.96. The maximum Gasteiger partial charge on any atom is 0.332 e. The first-order chi connectivity index (χ1) is 13.5. The Morgan fingerprint density at radius 1 is 1.04 bits per heavy atom. The zero-order valence-electron chi connectivity index (χ0n) is 16.3. The second-order valence-electron chi connectivity index (χ2n) is 6.96. The molecular weight excluding hydrogens is 360 g/mol. The minimum Gasteiger partial charge on any atom is -0.494 e. The van der Waals surface area contributed by atoms with Gasteiger partial charge in [-0.05, 0) is 18.6 Å². The maximum absolute atomic E-state index is 12.1. The maximum atomic E-state index is 12.1. The van der Waals surface area contributed by atoms with Crippen molar-refractivity contribution in [2.75, 3.05) is 44.2 Å². The highest BCUT2D eigenvalue weighted by Gasteiger charge is 2.20. The van der Waals surface area contributed by atoms with E-state index in [0.29, 0.717) is 23.7 Å². The molecule has 1 aromatic carbocycles. The molecule has 2 aromatic rings. The summed E-state index contributed by atoms with van der Waals surface area (Å²) in [5.41, 5.74) is 0.0239. The SMILES string of the molecule is Cn1c(N2CCN(CCCOc3cccc(C=O)c3)CC2)cc(=O)n(C)c1=O. The van der Waals surface area contributed by atoms with Crippen LogP contribution < -0.4 is 20.9 Å². The molecule has 1 fully saturated rings. The minimum atomic E-state index is -0.305. The Morgan fingerprint density at radius 3 is 2.50 bits per heavy atom. The topological polar surface area (TPSA) is 76.8 Å². The fourth-order valence-corrected chi connectivity index (χ4v) is 3.38. The molecule has 0 aliphatic carbocycles. The van der Waals surface area contributed by atoms with Gasteiger partial charge in [-0.3, -0.25) is 23.6 Å². The van der Waals surface area contributed by atoms with Crippen LogP contribution in [0.5, 0.6) is 5.75 Å². The van der Waals surface area contributed by atoms with Crippen molar-refractivity contribution in [2.45, 2.75) is 6.42 Å². The lowest BCUT2D eigenvalue weighted by atomic mass is 10.2. The van der Waals surface area contributed by atoms with Crippen molar-refractivity contribution in [3.8, 4) is 5.75 Å².